The van der Waals surface area contributed by atoms with Crippen molar-refractivity contribution < 1.29 is 8.42 Å². The average molecular weight is 278 g/mol. The van der Waals surface area contributed by atoms with Gasteiger partial charge in [-0.1, -0.05) is 12.1 Å². The summed E-state index contributed by atoms with van der Waals surface area (Å²) in [6, 6.07) is 8.89. The van der Waals surface area contributed by atoms with E-state index in [1.54, 1.807) is 30.5 Å². The lowest BCUT2D eigenvalue weighted by Crippen LogP contribution is -2.12. The van der Waals surface area contributed by atoms with Crippen LogP contribution in [0.3, 0.4) is 0 Å². The number of sulfonamides is 1. The smallest absolute Gasteiger partial charge is 0.229 e. The molecule has 2 aromatic rings. The largest absolute Gasteiger partial charge is 0.378 e. The molecule has 0 fully saturated rings. The molecule has 0 unspecified atom stereocenters. The van der Waals surface area contributed by atoms with Crippen molar-refractivity contribution >= 4 is 21.4 Å². The van der Waals surface area contributed by atoms with Crippen LogP contribution in [0.15, 0.2) is 42.9 Å². The number of nitrogens with one attached hydrogen (secondary N) is 2. The van der Waals surface area contributed by atoms with Gasteiger partial charge in [0.2, 0.25) is 10.0 Å². The highest BCUT2D eigenvalue weighted by Crippen LogP contribution is 2.22. The van der Waals surface area contributed by atoms with Crippen LogP contribution in [0.25, 0.3) is 0 Å². The summed E-state index contributed by atoms with van der Waals surface area (Å²) in [4.78, 5) is 7.92. The Morgan fingerprint density at radius 3 is 2.53 bits per heavy atom. The van der Waals surface area contributed by atoms with Gasteiger partial charge < -0.3 is 5.32 Å². The molecule has 0 amide bonds. The molecule has 0 aliphatic rings. The molecule has 0 saturated carbocycles. The third-order valence-electron chi connectivity index (χ3n) is 2.33. The van der Waals surface area contributed by atoms with Gasteiger partial charge in [0.15, 0.2) is 0 Å². The number of rotatable bonds is 5. The summed E-state index contributed by atoms with van der Waals surface area (Å²) in [6.07, 6.45) is 4.25. The molecule has 0 aliphatic heterocycles. The van der Waals surface area contributed by atoms with E-state index in [4.69, 9.17) is 0 Å². The summed E-state index contributed by atoms with van der Waals surface area (Å²) in [6.45, 7) is 0.491. The molecule has 1 aromatic carbocycles. The summed E-state index contributed by atoms with van der Waals surface area (Å²) in [7, 11) is -3.30. The van der Waals surface area contributed by atoms with Gasteiger partial charge in [-0.05, 0) is 18.2 Å². The van der Waals surface area contributed by atoms with E-state index in [-0.39, 0.29) is 0 Å². The Balaban J connectivity index is 2.12. The van der Waals surface area contributed by atoms with Gasteiger partial charge in [-0.3, -0.25) is 4.72 Å². The van der Waals surface area contributed by atoms with Crippen LogP contribution in [0.2, 0.25) is 0 Å². The van der Waals surface area contributed by atoms with Crippen LogP contribution in [-0.4, -0.2) is 24.6 Å². The van der Waals surface area contributed by atoms with Crippen molar-refractivity contribution in [3.8, 4) is 0 Å². The molecule has 1 aromatic heterocycles. The molecule has 7 heteroatoms. The number of para-hydroxylation sites is 2. The van der Waals surface area contributed by atoms with Crippen molar-refractivity contribution in [1.29, 1.82) is 0 Å². The van der Waals surface area contributed by atoms with Crippen molar-refractivity contribution in [3.63, 3.8) is 0 Å². The predicted molar refractivity (Wildman–Crippen MR) is 74.3 cm³/mol. The van der Waals surface area contributed by atoms with E-state index in [0.717, 1.165) is 11.9 Å². The number of aromatic nitrogens is 2. The first-order valence-electron chi connectivity index (χ1n) is 5.60. The quantitative estimate of drug-likeness (QED) is 0.865. The predicted octanol–water partition coefficient (Wildman–Crippen LogP) is 1.46. The highest BCUT2D eigenvalue weighted by Gasteiger charge is 2.06. The summed E-state index contributed by atoms with van der Waals surface area (Å²) in [5, 5.41) is 3.13. The van der Waals surface area contributed by atoms with Crippen LogP contribution < -0.4 is 10.0 Å². The van der Waals surface area contributed by atoms with Crippen LogP contribution in [0.1, 0.15) is 5.69 Å². The molecule has 0 saturated heterocycles. The third kappa shape index (κ3) is 4.22. The van der Waals surface area contributed by atoms with Crippen molar-refractivity contribution in [2.24, 2.45) is 0 Å². The minimum atomic E-state index is -3.30. The summed E-state index contributed by atoms with van der Waals surface area (Å²) in [5.74, 6) is 0. The van der Waals surface area contributed by atoms with E-state index >= 15 is 0 Å². The molecule has 0 atom stereocenters. The Labute approximate surface area is 112 Å². The summed E-state index contributed by atoms with van der Waals surface area (Å²) < 4.78 is 25.0. The van der Waals surface area contributed by atoms with E-state index in [0.29, 0.717) is 17.9 Å². The second kappa shape index (κ2) is 5.66. The van der Waals surface area contributed by atoms with Gasteiger partial charge in [0.05, 0.1) is 29.9 Å². The van der Waals surface area contributed by atoms with Gasteiger partial charge in [-0.15, -0.1) is 0 Å². The summed E-state index contributed by atoms with van der Waals surface area (Å²) in [5.41, 5.74) is 2.04. The second-order valence-electron chi connectivity index (χ2n) is 3.97. The fraction of sp³-hybridized carbons (Fsp3) is 0.167. The molecular formula is C12H14N4O2S. The Bertz CT molecular complexity index is 644. The van der Waals surface area contributed by atoms with E-state index in [1.807, 2.05) is 6.07 Å². The monoisotopic (exact) mass is 278 g/mol. The molecule has 0 aliphatic carbocycles. The van der Waals surface area contributed by atoms with Crippen molar-refractivity contribution in [2.75, 3.05) is 16.3 Å². The Kier molecular flexibility index (Phi) is 3.96. The maximum atomic E-state index is 11.3. The van der Waals surface area contributed by atoms with Crippen LogP contribution in [-0.2, 0) is 16.6 Å². The van der Waals surface area contributed by atoms with Crippen molar-refractivity contribution in [3.05, 3.63) is 48.5 Å². The lowest BCUT2D eigenvalue weighted by Gasteiger charge is -2.12. The molecule has 19 heavy (non-hydrogen) atoms. The minimum Gasteiger partial charge on any atom is -0.378 e. The maximum Gasteiger partial charge on any atom is 0.229 e. The highest BCUT2D eigenvalue weighted by molar-refractivity contribution is 7.92. The molecule has 0 radical (unpaired) electrons. The number of hydrogen-bond donors (Lipinski definition) is 2. The number of nitrogens with zero attached hydrogens (tertiary/aromatic N) is 2. The molecule has 2 N–H and O–H groups in total. The Hall–Kier alpha value is -2.15. The normalized spacial score (nSPS) is 11.0. The maximum absolute atomic E-state index is 11.3. The molecule has 0 spiro atoms. The lowest BCUT2D eigenvalue weighted by molar-refractivity contribution is 0.607. The first-order valence-corrected chi connectivity index (χ1v) is 7.49. The van der Waals surface area contributed by atoms with Crippen LogP contribution in [0, 0.1) is 0 Å². The zero-order chi connectivity index (χ0) is 13.7. The fourth-order valence-corrected chi connectivity index (χ4v) is 2.11. The van der Waals surface area contributed by atoms with Gasteiger partial charge in [0, 0.05) is 6.20 Å². The zero-order valence-corrected chi connectivity index (χ0v) is 11.2. The van der Waals surface area contributed by atoms with Gasteiger partial charge in [-0.25, -0.2) is 18.4 Å². The van der Waals surface area contributed by atoms with Gasteiger partial charge in [-0.2, -0.15) is 0 Å². The standard InChI is InChI=1S/C12H14N4O2S/c1-19(17,18)16-12-5-3-2-4-11(12)14-8-10-6-7-13-9-15-10/h2-7,9,14,16H,8H2,1H3. The summed E-state index contributed by atoms with van der Waals surface area (Å²) >= 11 is 0. The van der Waals surface area contributed by atoms with Crippen molar-refractivity contribution in [2.45, 2.75) is 6.54 Å². The molecular weight excluding hydrogens is 264 g/mol. The van der Waals surface area contributed by atoms with Crippen molar-refractivity contribution in [1.82, 2.24) is 9.97 Å². The SMILES string of the molecule is CS(=O)(=O)Nc1ccccc1NCc1ccncn1. The lowest BCUT2D eigenvalue weighted by atomic mass is 10.2. The molecule has 100 valence electrons. The van der Waals surface area contributed by atoms with Crippen LogP contribution in [0.5, 0.6) is 0 Å². The highest BCUT2D eigenvalue weighted by atomic mass is 32.2. The topological polar surface area (TPSA) is 84.0 Å². The minimum absolute atomic E-state index is 0.491. The van der Waals surface area contributed by atoms with Gasteiger partial charge >= 0.3 is 0 Å². The molecule has 6 nitrogen and oxygen atoms in total. The first kappa shape index (κ1) is 13.3. The third-order valence-corrected chi connectivity index (χ3v) is 2.92. The number of anilines is 2. The number of benzene rings is 1. The first-order chi connectivity index (χ1) is 9.04. The van der Waals surface area contributed by atoms with Gasteiger partial charge in [0.1, 0.15) is 6.33 Å². The van der Waals surface area contributed by atoms with E-state index in [1.165, 1.54) is 6.33 Å². The fourth-order valence-electron chi connectivity index (χ4n) is 1.53. The van der Waals surface area contributed by atoms with Crippen LogP contribution in [0.4, 0.5) is 11.4 Å². The average Bonchev–Trinajstić information content (AvgIpc) is 2.37. The number of hydrogen-bond acceptors (Lipinski definition) is 5. The zero-order valence-electron chi connectivity index (χ0n) is 10.4. The van der Waals surface area contributed by atoms with E-state index < -0.39 is 10.0 Å². The second-order valence-corrected chi connectivity index (χ2v) is 5.72. The van der Waals surface area contributed by atoms with E-state index in [2.05, 4.69) is 20.0 Å². The van der Waals surface area contributed by atoms with Crippen LogP contribution >= 0.6 is 0 Å². The molecule has 2 rings (SSSR count). The Morgan fingerprint density at radius 1 is 1.16 bits per heavy atom. The van der Waals surface area contributed by atoms with E-state index in [9.17, 15) is 8.42 Å². The molecule has 1 heterocycles. The Morgan fingerprint density at radius 2 is 1.89 bits per heavy atom. The van der Waals surface area contributed by atoms with Gasteiger partial charge in [0.25, 0.3) is 0 Å². The molecule has 0 bridgehead atoms.